The summed E-state index contributed by atoms with van der Waals surface area (Å²) in [6.45, 7) is 3.45. The lowest BCUT2D eigenvalue weighted by Gasteiger charge is -2.35. The predicted molar refractivity (Wildman–Crippen MR) is 130 cm³/mol. The number of hydrogen-bond acceptors (Lipinski definition) is 5. The molecule has 1 atom stereocenters. The average Bonchev–Trinajstić information content (AvgIpc) is 3.05. The number of carbonyl (C=O) groups is 3. The third-order valence-corrected chi connectivity index (χ3v) is 6.69. The molecule has 0 fully saturated rings. The normalized spacial score (nSPS) is 21.1. The number of ether oxygens (including phenoxy) is 2. The van der Waals surface area contributed by atoms with Crippen molar-refractivity contribution in [2.45, 2.75) is 38.4 Å². The van der Waals surface area contributed by atoms with Crippen LogP contribution in [0.1, 0.15) is 37.0 Å². The summed E-state index contributed by atoms with van der Waals surface area (Å²) < 4.78 is 55.2. The first-order valence-corrected chi connectivity index (χ1v) is 11.6. The SMILES string of the molecule is COc1ccc(C(=O)N[C@@]2(C(F)(F)F)C(=O)N(c3cccc(Cl)c3)C3=C2C(=O)CC(C)(C)C3)cc1OC. The number of Topliss-reactive ketones (excluding diaryl/α,β-unsaturated/α-hetero) is 1. The van der Waals surface area contributed by atoms with Gasteiger partial charge >= 0.3 is 6.18 Å². The quantitative estimate of drug-likeness (QED) is 0.576. The number of alkyl halides is 3. The Hall–Kier alpha value is -3.53. The van der Waals surface area contributed by atoms with Crippen LogP contribution in [0.25, 0.3) is 0 Å². The maximum absolute atomic E-state index is 15.0. The number of ketones is 1. The van der Waals surface area contributed by atoms with Crippen molar-refractivity contribution in [2.75, 3.05) is 19.1 Å². The number of amides is 2. The second kappa shape index (κ2) is 9.09. The number of rotatable bonds is 5. The number of methoxy groups -OCH3 is 2. The number of allylic oxidation sites excluding steroid dienone is 1. The van der Waals surface area contributed by atoms with E-state index in [1.807, 2.05) is 5.32 Å². The van der Waals surface area contributed by atoms with Gasteiger partial charge in [-0.3, -0.25) is 19.3 Å². The molecule has 2 aromatic carbocycles. The van der Waals surface area contributed by atoms with Gasteiger partial charge in [-0.25, -0.2) is 0 Å². The zero-order chi connectivity index (χ0) is 27.3. The summed E-state index contributed by atoms with van der Waals surface area (Å²) in [5.74, 6) is -3.24. The Morgan fingerprint density at radius 3 is 2.30 bits per heavy atom. The zero-order valence-corrected chi connectivity index (χ0v) is 21.2. The molecule has 1 N–H and O–H groups in total. The van der Waals surface area contributed by atoms with Gasteiger partial charge in [-0.05, 0) is 48.2 Å². The summed E-state index contributed by atoms with van der Waals surface area (Å²) in [6.07, 6.45) is -5.58. The van der Waals surface area contributed by atoms with Crippen molar-refractivity contribution in [1.82, 2.24) is 5.32 Å². The molecule has 2 amide bonds. The van der Waals surface area contributed by atoms with Gasteiger partial charge in [0.1, 0.15) is 0 Å². The molecule has 2 aromatic rings. The molecule has 1 aliphatic heterocycles. The largest absolute Gasteiger partial charge is 0.493 e. The van der Waals surface area contributed by atoms with Crippen LogP contribution in [-0.4, -0.2) is 43.5 Å². The highest BCUT2D eigenvalue weighted by Gasteiger charge is 2.72. The summed E-state index contributed by atoms with van der Waals surface area (Å²) in [6, 6.07) is 9.51. The molecule has 0 saturated carbocycles. The van der Waals surface area contributed by atoms with Gasteiger partial charge in [0.15, 0.2) is 17.3 Å². The molecule has 0 radical (unpaired) electrons. The fourth-order valence-electron chi connectivity index (χ4n) is 4.86. The Morgan fingerprint density at radius 1 is 1.03 bits per heavy atom. The molecular weight excluding hydrogens is 513 g/mol. The fourth-order valence-corrected chi connectivity index (χ4v) is 5.04. The van der Waals surface area contributed by atoms with Crippen LogP contribution in [0.15, 0.2) is 53.7 Å². The molecule has 7 nitrogen and oxygen atoms in total. The first-order valence-electron chi connectivity index (χ1n) is 11.2. The van der Waals surface area contributed by atoms with Crippen LogP contribution in [0, 0.1) is 5.41 Å². The van der Waals surface area contributed by atoms with Gasteiger partial charge in [-0.1, -0.05) is 31.5 Å². The molecule has 0 spiro atoms. The summed E-state index contributed by atoms with van der Waals surface area (Å²) in [7, 11) is 2.67. The van der Waals surface area contributed by atoms with Crippen molar-refractivity contribution in [3.63, 3.8) is 0 Å². The van der Waals surface area contributed by atoms with Crippen LogP contribution < -0.4 is 19.7 Å². The van der Waals surface area contributed by atoms with E-state index >= 15 is 0 Å². The van der Waals surface area contributed by atoms with E-state index in [4.69, 9.17) is 21.1 Å². The van der Waals surface area contributed by atoms with Crippen molar-refractivity contribution in [3.05, 3.63) is 64.3 Å². The Labute approximate surface area is 216 Å². The van der Waals surface area contributed by atoms with E-state index in [0.29, 0.717) is 0 Å². The number of nitrogens with one attached hydrogen (secondary N) is 1. The molecule has 1 aliphatic carbocycles. The molecule has 196 valence electrons. The lowest BCUT2D eigenvalue weighted by Crippen LogP contribution is -2.66. The van der Waals surface area contributed by atoms with Crippen molar-refractivity contribution in [2.24, 2.45) is 5.41 Å². The Kier molecular flexibility index (Phi) is 6.52. The minimum Gasteiger partial charge on any atom is -0.493 e. The fraction of sp³-hybridized carbons (Fsp3) is 0.346. The Balaban J connectivity index is 1.91. The van der Waals surface area contributed by atoms with Crippen LogP contribution >= 0.6 is 11.6 Å². The predicted octanol–water partition coefficient (Wildman–Crippen LogP) is 5.08. The van der Waals surface area contributed by atoms with Crippen molar-refractivity contribution >= 4 is 34.9 Å². The molecule has 11 heteroatoms. The molecule has 0 bridgehead atoms. The summed E-state index contributed by atoms with van der Waals surface area (Å²) in [5.41, 5.74) is -5.37. The molecule has 2 aliphatic rings. The van der Waals surface area contributed by atoms with Crippen LogP contribution in [0.5, 0.6) is 11.5 Å². The topological polar surface area (TPSA) is 84.9 Å². The third kappa shape index (κ3) is 4.33. The molecule has 37 heavy (non-hydrogen) atoms. The van der Waals surface area contributed by atoms with Gasteiger partial charge in [-0.15, -0.1) is 0 Å². The van der Waals surface area contributed by atoms with Gasteiger partial charge in [0.25, 0.3) is 11.8 Å². The van der Waals surface area contributed by atoms with E-state index in [9.17, 15) is 27.6 Å². The summed E-state index contributed by atoms with van der Waals surface area (Å²) >= 11 is 6.07. The summed E-state index contributed by atoms with van der Waals surface area (Å²) in [4.78, 5) is 41.2. The Bertz CT molecular complexity index is 1340. The van der Waals surface area contributed by atoms with Crippen LogP contribution in [0.2, 0.25) is 5.02 Å². The standard InChI is InChI=1S/C26H24ClF3N2O5/c1-24(2)12-17-21(18(33)13-24)25(26(28,29)30,23(35)32(17)16-7-5-6-15(27)11-16)31-22(34)14-8-9-19(36-3)20(10-14)37-4/h5-11H,12-13H2,1-4H3,(H,31,34)/t25-/m1/s1. The number of nitrogens with zero attached hydrogens (tertiary/aromatic N) is 1. The van der Waals surface area contributed by atoms with Crippen molar-refractivity contribution in [3.8, 4) is 11.5 Å². The van der Waals surface area contributed by atoms with Gasteiger partial charge in [0.2, 0.25) is 5.54 Å². The highest BCUT2D eigenvalue weighted by Crippen LogP contribution is 2.53. The first kappa shape index (κ1) is 26.5. The minimum atomic E-state index is -5.35. The molecule has 1 heterocycles. The monoisotopic (exact) mass is 536 g/mol. The van der Waals surface area contributed by atoms with Crippen LogP contribution in [-0.2, 0) is 9.59 Å². The molecule has 0 saturated heterocycles. The van der Waals surface area contributed by atoms with E-state index in [-0.39, 0.29) is 46.3 Å². The van der Waals surface area contributed by atoms with Crippen LogP contribution in [0.4, 0.5) is 18.9 Å². The number of benzene rings is 2. The van der Waals surface area contributed by atoms with Crippen molar-refractivity contribution in [1.29, 1.82) is 0 Å². The molecular formula is C26H24ClF3N2O5. The van der Waals surface area contributed by atoms with Crippen molar-refractivity contribution < 1.29 is 37.0 Å². The van der Waals surface area contributed by atoms with Gasteiger partial charge in [-0.2, -0.15) is 13.2 Å². The molecule has 0 unspecified atom stereocenters. The lowest BCUT2D eigenvalue weighted by atomic mass is 9.72. The van der Waals surface area contributed by atoms with Gasteiger partial charge < -0.3 is 14.8 Å². The molecule has 0 aromatic heterocycles. The van der Waals surface area contributed by atoms with Gasteiger partial charge in [0, 0.05) is 22.7 Å². The maximum atomic E-state index is 15.0. The molecule has 4 rings (SSSR count). The number of anilines is 1. The van der Waals surface area contributed by atoms with E-state index < -0.39 is 40.3 Å². The second-order valence-electron chi connectivity index (χ2n) is 9.65. The number of carbonyl (C=O) groups excluding carboxylic acids is 3. The minimum absolute atomic E-state index is 0.00359. The van der Waals surface area contributed by atoms with E-state index in [2.05, 4.69) is 0 Å². The second-order valence-corrected chi connectivity index (χ2v) is 10.1. The smallest absolute Gasteiger partial charge is 0.425 e. The lowest BCUT2D eigenvalue weighted by molar-refractivity contribution is -0.186. The Morgan fingerprint density at radius 2 is 1.70 bits per heavy atom. The highest BCUT2D eigenvalue weighted by atomic mass is 35.5. The maximum Gasteiger partial charge on any atom is 0.425 e. The number of halogens is 4. The average molecular weight is 537 g/mol. The van der Waals surface area contributed by atoms with Crippen LogP contribution in [0.3, 0.4) is 0 Å². The number of hydrogen-bond donors (Lipinski definition) is 1. The highest BCUT2D eigenvalue weighted by molar-refractivity contribution is 6.31. The summed E-state index contributed by atoms with van der Waals surface area (Å²) in [5, 5.41) is 2.08. The van der Waals surface area contributed by atoms with E-state index in [0.717, 1.165) is 4.90 Å². The third-order valence-electron chi connectivity index (χ3n) is 6.46. The first-order chi connectivity index (χ1) is 17.3. The van der Waals surface area contributed by atoms with E-state index in [1.165, 1.54) is 56.7 Å². The zero-order valence-electron chi connectivity index (χ0n) is 20.5. The van der Waals surface area contributed by atoms with E-state index in [1.54, 1.807) is 13.8 Å². The van der Waals surface area contributed by atoms with Gasteiger partial charge in [0.05, 0.1) is 25.5 Å².